The number of benzene rings is 1. The van der Waals surface area contributed by atoms with Gasteiger partial charge in [-0.2, -0.15) is 0 Å². The van der Waals surface area contributed by atoms with E-state index in [1.54, 1.807) is 0 Å². The van der Waals surface area contributed by atoms with Gasteiger partial charge >= 0.3 is 0 Å². The molecule has 106 valence electrons. The third kappa shape index (κ3) is 4.64. The fourth-order valence-corrected chi connectivity index (χ4v) is 2.41. The van der Waals surface area contributed by atoms with Gasteiger partial charge in [-0.05, 0) is 24.3 Å². The summed E-state index contributed by atoms with van der Waals surface area (Å²) >= 11 is 4.74. The largest absolute Gasteiger partial charge is 0.416 e. The summed E-state index contributed by atoms with van der Waals surface area (Å²) in [6.07, 6.45) is 1.11. The number of carbonyl (C=O) groups is 1. The van der Waals surface area contributed by atoms with Crippen LogP contribution in [0.5, 0.6) is 0 Å². The molecular weight excluding hydrogens is 342 g/mol. The molecule has 0 radical (unpaired) electrons. The number of thioether (sulfide) groups is 1. The maximum atomic E-state index is 11.7. The average Bonchev–Trinajstić information content (AvgIpc) is 2.89. The summed E-state index contributed by atoms with van der Waals surface area (Å²) in [4.78, 5) is 11.7. The number of anilines is 1. The number of halogens is 1. The van der Waals surface area contributed by atoms with Crippen molar-refractivity contribution in [2.45, 2.75) is 25.0 Å². The first-order valence-electron chi connectivity index (χ1n) is 6.18. The Morgan fingerprint density at radius 2 is 2.10 bits per heavy atom. The SMILES string of the molecule is CCc1nnc(SCCC(=O)Nc2ccc(Br)cc2)o1. The zero-order valence-corrected chi connectivity index (χ0v) is 13.3. The van der Waals surface area contributed by atoms with Gasteiger partial charge in [-0.15, -0.1) is 10.2 Å². The number of hydrogen-bond acceptors (Lipinski definition) is 5. The predicted molar refractivity (Wildman–Crippen MR) is 81.8 cm³/mol. The van der Waals surface area contributed by atoms with Crippen LogP contribution in [0.25, 0.3) is 0 Å². The first kappa shape index (κ1) is 15.1. The second kappa shape index (κ2) is 7.44. The molecule has 0 spiro atoms. The Bertz CT molecular complexity index is 571. The molecular formula is C13H14BrN3O2S. The highest BCUT2D eigenvalue weighted by Gasteiger charge is 2.07. The summed E-state index contributed by atoms with van der Waals surface area (Å²) in [6, 6.07) is 7.46. The number of nitrogens with zero attached hydrogens (tertiary/aromatic N) is 2. The highest BCUT2D eigenvalue weighted by atomic mass is 79.9. The quantitative estimate of drug-likeness (QED) is 0.803. The van der Waals surface area contributed by atoms with Crippen LogP contribution in [-0.2, 0) is 11.2 Å². The van der Waals surface area contributed by atoms with E-state index in [1.165, 1.54) is 11.8 Å². The van der Waals surface area contributed by atoms with E-state index < -0.39 is 0 Å². The van der Waals surface area contributed by atoms with Crippen LogP contribution in [0, 0.1) is 0 Å². The van der Waals surface area contributed by atoms with Gasteiger partial charge in [0.15, 0.2) is 0 Å². The van der Waals surface area contributed by atoms with Crippen molar-refractivity contribution in [3.63, 3.8) is 0 Å². The van der Waals surface area contributed by atoms with Crippen LogP contribution in [0.15, 0.2) is 38.4 Å². The number of carbonyl (C=O) groups excluding carboxylic acids is 1. The highest BCUT2D eigenvalue weighted by Crippen LogP contribution is 2.18. The maximum absolute atomic E-state index is 11.7. The second-order valence-corrected chi connectivity index (χ2v) is 5.93. The van der Waals surface area contributed by atoms with E-state index in [9.17, 15) is 4.79 Å². The molecule has 0 saturated heterocycles. The molecule has 1 aromatic carbocycles. The topological polar surface area (TPSA) is 68.0 Å². The smallest absolute Gasteiger partial charge is 0.276 e. The van der Waals surface area contributed by atoms with Crippen LogP contribution in [0.4, 0.5) is 5.69 Å². The Morgan fingerprint density at radius 1 is 1.35 bits per heavy atom. The summed E-state index contributed by atoms with van der Waals surface area (Å²) in [5.74, 6) is 1.19. The first-order valence-corrected chi connectivity index (χ1v) is 7.96. The van der Waals surface area contributed by atoms with Crippen molar-refractivity contribution in [2.75, 3.05) is 11.1 Å². The van der Waals surface area contributed by atoms with Crippen molar-refractivity contribution in [1.29, 1.82) is 0 Å². The molecule has 0 bridgehead atoms. The van der Waals surface area contributed by atoms with E-state index in [0.29, 0.717) is 23.3 Å². The van der Waals surface area contributed by atoms with Crippen molar-refractivity contribution < 1.29 is 9.21 Å². The van der Waals surface area contributed by atoms with Gasteiger partial charge in [0.2, 0.25) is 11.8 Å². The average molecular weight is 356 g/mol. The molecule has 0 aliphatic carbocycles. The number of nitrogens with one attached hydrogen (secondary N) is 1. The van der Waals surface area contributed by atoms with Gasteiger partial charge in [0.1, 0.15) is 0 Å². The molecule has 7 heteroatoms. The molecule has 0 atom stereocenters. The molecule has 0 unspecified atom stereocenters. The summed E-state index contributed by atoms with van der Waals surface area (Å²) < 4.78 is 6.33. The number of hydrogen-bond donors (Lipinski definition) is 1. The molecule has 5 nitrogen and oxygen atoms in total. The lowest BCUT2D eigenvalue weighted by Gasteiger charge is -2.04. The van der Waals surface area contributed by atoms with Crippen molar-refractivity contribution in [3.8, 4) is 0 Å². The third-order valence-electron chi connectivity index (χ3n) is 2.43. The third-order valence-corrected chi connectivity index (χ3v) is 3.78. The molecule has 1 heterocycles. The monoisotopic (exact) mass is 355 g/mol. The van der Waals surface area contributed by atoms with Crippen LogP contribution in [-0.4, -0.2) is 21.9 Å². The van der Waals surface area contributed by atoms with Crippen molar-refractivity contribution in [2.24, 2.45) is 0 Å². The summed E-state index contributed by atoms with van der Waals surface area (Å²) in [6.45, 7) is 1.95. The van der Waals surface area contributed by atoms with Gasteiger partial charge in [-0.1, -0.05) is 34.6 Å². The van der Waals surface area contributed by atoms with E-state index in [2.05, 4.69) is 31.4 Å². The minimum atomic E-state index is -0.0324. The summed E-state index contributed by atoms with van der Waals surface area (Å²) in [5, 5.41) is 11.1. The number of rotatable bonds is 6. The van der Waals surface area contributed by atoms with Crippen LogP contribution in [0.1, 0.15) is 19.2 Å². The Kier molecular flexibility index (Phi) is 5.60. The Morgan fingerprint density at radius 3 is 2.75 bits per heavy atom. The van der Waals surface area contributed by atoms with E-state index in [1.807, 2.05) is 31.2 Å². The molecule has 1 amide bonds. The van der Waals surface area contributed by atoms with E-state index in [4.69, 9.17) is 4.42 Å². The van der Waals surface area contributed by atoms with Gasteiger partial charge in [0.25, 0.3) is 5.22 Å². The number of aromatic nitrogens is 2. The molecule has 2 aromatic rings. The lowest BCUT2D eigenvalue weighted by molar-refractivity contribution is -0.115. The van der Waals surface area contributed by atoms with Crippen LogP contribution >= 0.6 is 27.7 Å². The van der Waals surface area contributed by atoms with Gasteiger partial charge in [-0.25, -0.2) is 0 Å². The summed E-state index contributed by atoms with van der Waals surface area (Å²) in [7, 11) is 0. The van der Waals surface area contributed by atoms with Crippen molar-refractivity contribution in [3.05, 3.63) is 34.6 Å². The molecule has 0 aliphatic heterocycles. The Balaban J connectivity index is 1.73. The second-order valence-electron chi connectivity index (χ2n) is 3.97. The minimum Gasteiger partial charge on any atom is -0.416 e. The van der Waals surface area contributed by atoms with Crippen LogP contribution in [0.3, 0.4) is 0 Å². The van der Waals surface area contributed by atoms with Crippen molar-refractivity contribution in [1.82, 2.24) is 10.2 Å². The molecule has 0 fully saturated rings. The van der Waals surface area contributed by atoms with Crippen LogP contribution in [0.2, 0.25) is 0 Å². The van der Waals surface area contributed by atoms with E-state index >= 15 is 0 Å². The minimum absolute atomic E-state index is 0.0324. The number of amides is 1. The van der Waals surface area contributed by atoms with Crippen molar-refractivity contribution >= 4 is 39.3 Å². The predicted octanol–water partition coefficient (Wildman–Crippen LogP) is 3.52. The first-order chi connectivity index (χ1) is 9.67. The Labute approximate surface area is 129 Å². The standard InChI is InChI=1S/C13H14BrN3O2S/c1-2-12-16-17-13(19-12)20-8-7-11(18)15-10-5-3-9(14)4-6-10/h3-6H,2,7-8H2,1H3,(H,15,18). The van der Waals surface area contributed by atoms with Gasteiger partial charge in [0, 0.05) is 28.8 Å². The fraction of sp³-hybridized carbons (Fsp3) is 0.308. The molecule has 20 heavy (non-hydrogen) atoms. The molecule has 0 aliphatic rings. The maximum Gasteiger partial charge on any atom is 0.276 e. The fourth-order valence-electron chi connectivity index (χ4n) is 1.43. The zero-order chi connectivity index (χ0) is 14.4. The molecule has 1 aromatic heterocycles. The van der Waals surface area contributed by atoms with Gasteiger partial charge in [-0.3, -0.25) is 4.79 Å². The lowest BCUT2D eigenvalue weighted by Crippen LogP contribution is -2.11. The van der Waals surface area contributed by atoms with E-state index in [0.717, 1.165) is 16.6 Å². The normalized spacial score (nSPS) is 10.5. The summed E-state index contributed by atoms with van der Waals surface area (Å²) in [5.41, 5.74) is 0.786. The lowest BCUT2D eigenvalue weighted by atomic mass is 10.3. The molecule has 2 rings (SSSR count). The molecule has 1 N–H and O–H groups in total. The van der Waals surface area contributed by atoms with Crippen LogP contribution < -0.4 is 5.32 Å². The number of aryl methyl sites for hydroxylation is 1. The zero-order valence-electron chi connectivity index (χ0n) is 10.9. The molecule has 0 saturated carbocycles. The Hall–Kier alpha value is -1.34. The van der Waals surface area contributed by atoms with Gasteiger partial charge < -0.3 is 9.73 Å². The van der Waals surface area contributed by atoms with Gasteiger partial charge in [0.05, 0.1) is 0 Å². The highest BCUT2D eigenvalue weighted by molar-refractivity contribution is 9.10. The van der Waals surface area contributed by atoms with E-state index in [-0.39, 0.29) is 5.91 Å².